The van der Waals surface area contributed by atoms with E-state index in [9.17, 15) is 9.18 Å². The minimum atomic E-state index is -0.265. The van der Waals surface area contributed by atoms with Gasteiger partial charge in [0.1, 0.15) is 5.82 Å². The molecule has 0 heterocycles. The van der Waals surface area contributed by atoms with Gasteiger partial charge < -0.3 is 10.6 Å². The maximum absolute atomic E-state index is 13.8. The topological polar surface area (TPSA) is 46.3 Å². The predicted molar refractivity (Wildman–Crippen MR) is 84.3 cm³/mol. The summed E-state index contributed by atoms with van der Waals surface area (Å²) in [5, 5.41) is 0. The van der Waals surface area contributed by atoms with Gasteiger partial charge in [-0.2, -0.15) is 0 Å². The van der Waals surface area contributed by atoms with Gasteiger partial charge in [-0.3, -0.25) is 4.79 Å². The van der Waals surface area contributed by atoms with Crippen molar-refractivity contribution in [2.75, 3.05) is 13.6 Å². The van der Waals surface area contributed by atoms with Gasteiger partial charge in [0.15, 0.2) is 0 Å². The Bertz CT molecular complexity index is 450. The van der Waals surface area contributed by atoms with Crippen molar-refractivity contribution < 1.29 is 9.18 Å². The fourth-order valence-electron chi connectivity index (χ4n) is 2.53. The van der Waals surface area contributed by atoms with Crippen molar-refractivity contribution in [1.29, 1.82) is 0 Å². The van der Waals surface area contributed by atoms with Crippen LogP contribution in [0.1, 0.15) is 51.1 Å². The molecule has 118 valence electrons. The van der Waals surface area contributed by atoms with E-state index in [1.165, 1.54) is 6.07 Å². The molecular formula is C17H27FN2O. The molecule has 1 aromatic carbocycles. The van der Waals surface area contributed by atoms with Crippen LogP contribution in [-0.4, -0.2) is 24.4 Å². The highest BCUT2D eigenvalue weighted by Gasteiger charge is 2.20. The molecule has 2 unspecified atom stereocenters. The highest BCUT2D eigenvalue weighted by atomic mass is 19.1. The van der Waals surface area contributed by atoms with Gasteiger partial charge in [0.2, 0.25) is 5.91 Å². The second kappa shape index (κ2) is 8.78. The molecule has 0 fully saturated rings. The van der Waals surface area contributed by atoms with Crippen LogP contribution in [0.2, 0.25) is 0 Å². The van der Waals surface area contributed by atoms with E-state index in [2.05, 4.69) is 6.92 Å². The average molecular weight is 294 g/mol. The smallest absolute Gasteiger partial charge is 0.222 e. The summed E-state index contributed by atoms with van der Waals surface area (Å²) in [4.78, 5) is 13.9. The molecule has 0 aromatic heterocycles. The van der Waals surface area contributed by atoms with Crippen LogP contribution in [0.3, 0.4) is 0 Å². The third-order valence-corrected chi connectivity index (χ3v) is 4.25. The maximum Gasteiger partial charge on any atom is 0.222 e. The van der Waals surface area contributed by atoms with Crippen LogP contribution in [0, 0.1) is 11.7 Å². The fraction of sp³-hybridized carbons (Fsp3) is 0.588. The predicted octanol–water partition coefficient (Wildman–Crippen LogP) is 3.50. The average Bonchev–Trinajstić information content (AvgIpc) is 2.50. The summed E-state index contributed by atoms with van der Waals surface area (Å²) in [7, 11) is 1.74. The number of nitrogens with zero attached hydrogens (tertiary/aromatic N) is 1. The molecule has 0 radical (unpaired) electrons. The second-order valence-corrected chi connectivity index (χ2v) is 5.59. The van der Waals surface area contributed by atoms with Crippen LogP contribution in [0.4, 0.5) is 4.39 Å². The highest BCUT2D eigenvalue weighted by molar-refractivity contribution is 5.76. The number of benzene rings is 1. The molecule has 1 aromatic rings. The normalized spacial score (nSPS) is 13.8. The SMILES string of the molecule is CCC(CCN)CCC(=O)N(C)C(C)c1ccccc1F. The molecule has 0 aliphatic carbocycles. The first kappa shape index (κ1) is 17.6. The summed E-state index contributed by atoms with van der Waals surface area (Å²) in [6, 6.07) is 6.35. The van der Waals surface area contributed by atoms with E-state index in [0.29, 0.717) is 24.4 Å². The van der Waals surface area contributed by atoms with E-state index in [0.717, 1.165) is 19.3 Å². The molecule has 3 nitrogen and oxygen atoms in total. The van der Waals surface area contributed by atoms with Gasteiger partial charge in [0.25, 0.3) is 0 Å². The van der Waals surface area contributed by atoms with Gasteiger partial charge in [0.05, 0.1) is 6.04 Å². The van der Waals surface area contributed by atoms with Crippen LogP contribution in [0.15, 0.2) is 24.3 Å². The molecule has 0 saturated heterocycles. The number of nitrogens with two attached hydrogens (primary N) is 1. The lowest BCUT2D eigenvalue weighted by atomic mass is 9.96. The largest absolute Gasteiger partial charge is 0.339 e. The van der Waals surface area contributed by atoms with Crippen molar-refractivity contribution in [2.24, 2.45) is 11.7 Å². The maximum atomic E-state index is 13.8. The number of carbonyl (C=O) groups excluding carboxylic acids is 1. The minimum Gasteiger partial charge on any atom is -0.339 e. The van der Waals surface area contributed by atoms with Crippen molar-refractivity contribution in [2.45, 2.75) is 45.6 Å². The third-order valence-electron chi connectivity index (χ3n) is 4.25. The number of amides is 1. The molecule has 0 aliphatic rings. The Morgan fingerprint density at radius 1 is 1.33 bits per heavy atom. The third kappa shape index (κ3) is 5.12. The molecular weight excluding hydrogens is 267 g/mol. The summed E-state index contributed by atoms with van der Waals surface area (Å²) in [5.41, 5.74) is 6.13. The van der Waals surface area contributed by atoms with Gasteiger partial charge >= 0.3 is 0 Å². The molecule has 2 N–H and O–H groups in total. The summed E-state index contributed by atoms with van der Waals surface area (Å²) < 4.78 is 13.8. The molecule has 21 heavy (non-hydrogen) atoms. The molecule has 1 amide bonds. The Hall–Kier alpha value is -1.42. The van der Waals surface area contributed by atoms with Crippen LogP contribution in [-0.2, 0) is 4.79 Å². The first-order chi connectivity index (χ1) is 10.0. The van der Waals surface area contributed by atoms with Crippen LogP contribution in [0.25, 0.3) is 0 Å². The Morgan fingerprint density at radius 2 is 2.00 bits per heavy atom. The molecule has 2 atom stereocenters. The van der Waals surface area contributed by atoms with E-state index in [1.807, 2.05) is 6.92 Å². The molecule has 4 heteroatoms. The van der Waals surface area contributed by atoms with E-state index >= 15 is 0 Å². The molecule has 0 saturated carbocycles. The van der Waals surface area contributed by atoms with Crippen LogP contribution >= 0.6 is 0 Å². The summed E-state index contributed by atoms with van der Waals surface area (Å²) in [6.07, 6.45) is 3.34. The van der Waals surface area contributed by atoms with Gasteiger partial charge in [-0.05, 0) is 38.3 Å². The van der Waals surface area contributed by atoms with Crippen molar-refractivity contribution in [3.05, 3.63) is 35.6 Å². The fourth-order valence-corrected chi connectivity index (χ4v) is 2.53. The first-order valence-corrected chi connectivity index (χ1v) is 7.71. The highest BCUT2D eigenvalue weighted by Crippen LogP contribution is 2.23. The first-order valence-electron chi connectivity index (χ1n) is 7.71. The lowest BCUT2D eigenvalue weighted by Gasteiger charge is -2.26. The van der Waals surface area contributed by atoms with Gasteiger partial charge in [-0.15, -0.1) is 0 Å². The quantitative estimate of drug-likeness (QED) is 0.797. The van der Waals surface area contributed by atoms with Crippen molar-refractivity contribution >= 4 is 5.91 Å². The number of hydrogen-bond donors (Lipinski definition) is 1. The van der Waals surface area contributed by atoms with Crippen molar-refractivity contribution in [3.63, 3.8) is 0 Å². The Kier molecular flexibility index (Phi) is 7.37. The van der Waals surface area contributed by atoms with E-state index < -0.39 is 0 Å². The monoisotopic (exact) mass is 294 g/mol. The zero-order valence-electron chi connectivity index (χ0n) is 13.3. The number of carbonyl (C=O) groups is 1. The van der Waals surface area contributed by atoms with E-state index in [-0.39, 0.29) is 17.8 Å². The van der Waals surface area contributed by atoms with Gasteiger partial charge in [-0.25, -0.2) is 4.39 Å². The minimum absolute atomic E-state index is 0.0567. The Labute approximate surface area is 127 Å². The number of rotatable bonds is 8. The van der Waals surface area contributed by atoms with E-state index in [1.54, 1.807) is 30.1 Å². The Balaban J connectivity index is 2.59. The molecule has 1 rings (SSSR count). The zero-order valence-corrected chi connectivity index (χ0v) is 13.3. The zero-order chi connectivity index (χ0) is 15.8. The second-order valence-electron chi connectivity index (χ2n) is 5.59. The van der Waals surface area contributed by atoms with Crippen molar-refractivity contribution in [1.82, 2.24) is 4.90 Å². The summed E-state index contributed by atoms with van der Waals surface area (Å²) in [6.45, 7) is 4.64. The van der Waals surface area contributed by atoms with Crippen LogP contribution < -0.4 is 5.73 Å². The molecule has 0 aliphatic heterocycles. The lowest BCUT2D eigenvalue weighted by Crippen LogP contribution is -2.30. The number of hydrogen-bond acceptors (Lipinski definition) is 2. The van der Waals surface area contributed by atoms with Crippen LogP contribution in [0.5, 0.6) is 0 Å². The Morgan fingerprint density at radius 3 is 2.57 bits per heavy atom. The van der Waals surface area contributed by atoms with Gasteiger partial charge in [-0.1, -0.05) is 31.5 Å². The number of halogens is 1. The summed E-state index contributed by atoms with van der Waals surface area (Å²) in [5.74, 6) is 0.288. The summed E-state index contributed by atoms with van der Waals surface area (Å²) >= 11 is 0. The van der Waals surface area contributed by atoms with Crippen molar-refractivity contribution in [3.8, 4) is 0 Å². The molecule has 0 spiro atoms. The van der Waals surface area contributed by atoms with E-state index in [4.69, 9.17) is 5.73 Å². The lowest BCUT2D eigenvalue weighted by molar-refractivity contribution is -0.132. The van der Waals surface area contributed by atoms with Gasteiger partial charge in [0, 0.05) is 19.0 Å². The standard InChI is InChI=1S/C17H27FN2O/c1-4-14(11-12-19)9-10-17(21)20(3)13(2)15-7-5-6-8-16(15)18/h5-8,13-14H,4,9-12,19H2,1-3H3. The molecule has 0 bridgehead atoms.